The van der Waals surface area contributed by atoms with Crippen LogP contribution >= 0.6 is 11.8 Å². The summed E-state index contributed by atoms with van der Waals surface area (Å²) in [6, 6.07) is 15.8. The topological polar surface area (TPSA) is 65.0 Å². The molecule has 0 aliphatic carbocycles. The van der Waals surface area contributed by atoms with Crippen molar-refractivity contribution in [2.24, 2.45) is 0 Å². The number of benzene rings is 2. The average molecular weight is 389 g/mol. The third-order valence-electron chi connectivity index (χ3n) is 4.64. The molecule has 5 nitrogen and oxygen atoms in total. The summed E-state index contributed by atoms with van der Waals surface area (Å²) in [5.74, 6) is 0.864. The number of carbonyl (C=O) groups is 1. The molecule has 0 radical (unpaired) electrons. The zero-order chi connectivity index (χ0) is 19.7. The molecule has 0 fully saturated rings. The number of aryl methyl sites for hydroxylation is 2. The minimum Gasteiger partial charge on any atom is -0.465 e. The molecule has 6 heteroatoms. The number of fused-ring (bicyclic) bond motifs is 2. The molecule has 2 heterocycles. The van der Waals surface area contributed by atoms with E-state index in [1.54, 1.807) is 11.8 Å². The van der Waals surface area contributed by atoms with Crippen molar-refractivity contribution in [2.75, 3.05) is 7.11 Å². The second-order valence-corrected chi connectivity index (χ2v) is 7.41. The molecule has 0 spiro atoms. The quantitative estimate of drug-likeness (QED) is 0.282. The Balaban J connectivity index is 1.79. The number of rotatable bonds is 4. The highest BCUT2D eigenvalue weighted by molar-refractivity contribution is 7.98. The van der Waals surface area contributed by atoms with E-state index >= 15 is 0 Å². The maximum absolute atomic E-state index is 12.5. The highest BCUT2D eigenvalue weighted by Crippen LogP contribution is 2.31. The summed E-state index contributed by atoms with van der Waals surface area (Å²) in [7, 11) is 1.40. The van der Waals surface area contributed by atoms with Crippen LogP contribution in [-0.4, -0.2) is 28.0 Å². The molecule has 0 aliphatic heterocycles. The number of thioether (sulfide) groups is 1. The van der Waals surface area contributed by atoms with E-state index in [1.807, 2.05) is 62.4 Å². The van der Waals surface area contributed by atoms with Crippen molar-refractivity contribution in [3.05, 3.63) is 71.2 Å². The summed E-state index contributed by atoms with van der Waals surface area (Å²) >= 11 is 1.56. The van der Waals surface area contributed by atoms with Gasteiger partial charge in [-0.1, -0.05) is 48.2 Å². The van der Waals surface area contributed by atoms with Crippen LogP contribution in [0.2, 0.25) is 0 Å². The van der Waals surface area contributed by atoms with Crippen molar-refractivity contribution in [1.82, 2.24) is 15.0 Å². The largest absolute Gasteiger partial charge is 0.465 e. The summed E-state index contributed by atoms with van der Waals surface area (Å²) in [5.41, 5.74) is 3.90. The van der Waals surface area contributed by atoms with Crippen LogP contribution in [0.4, 0.5) is 0 Å². The van der Waals surface area contributed by atoms with Crippen LogP contribution in [0.1, 0.15) is 27.4 Å². The van der Waals surface area contributed by atoms with Gasteiger partial charge in [0.25, 0.3) is 0 Å². The first kappa shape index (κ1) is 18.4. The normalized spacial score (nSPS) is 11.1. The van der Waals surface area contributed by atoms with Gasteiger partial charge in [0.1, 0.15) is 10.9 Å². The summed E-state index contributed by atoms with van der Waals surface area (Å²) in [5, 5.41) is 2.83. The molecule has 0 N–H and O–H groups in total. The highest BCUT2D eigenvalue weighted by atomic mass is 32.2. The van der Waals surface area contributed by atoms with Gasteiger partial charge in [-0.25, -0.2) is 14.8 Å². The predicted octanol–water partition coefficient (Wildman–Crippen LogP) is 4.87. The first-order chi connectivity index (χ1) is 13.6. The van der Waals surface area contributed by atoms with Gasteiger partial charge in [-0.05, 0) is 31.5 Å². The molecule has 0 saturated carbocycles. The van der Waals surface area contributed by atoms with Gasteiger partial charge in [-0.15, -0.1) is 0 Å². The molecule has 0 amide bonds. The molecule has 0 saturated heterocycles. The lowest BCUT2D eigenvalue weighted by Crippen LogP contribution is -2.10. The number of aromatic nitrogens is 3. The number of esters is 1. The molecular weight excluding hydrogens is 370 g/mol. The van der Waals surface area contributed by atoms with Crippen LogP contribution in [0, 0.1) is 13.8 Å². The van der Waals surface area contributed by atoms with Crippen LogP contribution in [0.25, 0.3) is 21.8 Å². The Labute approximate surface area is 167 Å². The maximum atomic E-state index is 12.5. The Bertz CT molecular complexity index is 1210. The molecular formula is C22H19N3O2S. The number of para-hydroxylation sites is 2. The Kier molecular flexibility index (Phi) is 4.96. The summed E-state index contributed by atoms with van der Waals surface area (Å²) in [6.07, 6.45) is 0. The molecule has 0 aliphatic rings. The van der Waals surface area contributed by atoms with Gasteiger partial charge in [-0.2, -0.15) is 0 Å². The van der Waals surface area contributed by atoms with Gasteiger partial charge in [0.15, 0.2) is 0 Å². The van der Waals surface area contributed by atoms with E-state index in [9.17, 15) is 4.79 Å². The zero-order valence-electron chi connectivity index (χ0n) is 15.9. The lowest BCUT2D eigenvalue weighted by molar-refractivity contribution is 0.0598. The smallest absolute Gasteiger partial charge is 0.340 e. The fraction of sp³-hybridized carbons (Fsp3) is 0.182. The number of hydrogen-bond acceptors (Lipinski definition) is 6. The Morgan fingerprint density at radius 1 is 0.929 bits per heavy atom. The first-order valence-electron chi connectivity index (χ1n) is 8.91. The molecule has 2 aromatic carbocycles. The summed E-state index contributed by atoms with van der Waals surface area (Å²) in [4.78, 5) is 26.3. The van der Waals surface area contributed by atoms with Crippen LogP contribution in [0.15, 0.2) is 53.6 Å². The average Bonchev–Trinajstić information content (AvgIpc) is 2.71. The molecule has 140 valence electrons. The van der Waals surface area contributed by atoms with Crippen LogP contribution < -0.4 is 0 Å². The van der Waals surface area contributed by atoms with E-state index in [0.29, 0.717) is 17.0 Å². The number of carbonyl (C=O) groups excluding carboxylic acids is 1. The molecule has 2 aromatic heterocycles. The Morgan fingerprint density at radius 2 is 1.57 bits per heavy atom. The van der Waals surface area contributed by atoms with Crippen molar-refractivity contribution in [3.63, 3.8) is 0 Å². The van der Waals surface area contributed by atoms with Crippen molar-refractivity contribution in [1.29, 1.82) is 0 Å². The number of pyridine rings is 1. The minimum absolute atomic E-state index is 0.366. The summed E-state index contributed by atoms with van der Waals surface area (Å²) < 4.78 is 5.03. The zero-order valence-corrected chi connectivity index (χ0v) is 16.7. The van der Waals surface area contributed by atoms with E-state index in [0.717, 1.165) is 38.2 Å². The first-order valence-corrected chi connectivity index (χ1v) is 9.89. The van der Waals surface area contributed by atoms with Crippen molar-refractivity contribution < 1.29 is 9.53 Å². The number of nitrogens with zero attached hydrogens (tertiary/aromatic N) is 3. The molecule has 28 heavy (non-hydrogen) atoms. The van der Waals surface area contributed by atoms with E-state index in [1.165, 1.54) is 7.11 Å². The van der Waals surface area contributed by atoms with Crippen LogP contribution in [0.5, 0.6) is 0 Å². The SMILES string of the molecule is COC(=O)c1c(CSc2nc(C)nc3ccccc23)nc2ccccc2c1C. The van der Waals surface area contributed by atoms with Gasteiger partial charge in [0, 0.05) is 16.5 Å². The molecule has 0 unspecified atom stereocenters. The molecule has 0 bridgehead atoms. The fourth-order valence-corrected chi connectivity index (χ4v) is 4.33. The molecule has 4 rings (SSSR count). The van der Waals surface area contributed by atoms with Gasteiger partial charge in [0.2, 0.25) is 0 Å². The van der Waals surface area contributed by atoms with Gasteiger partial charge in [0.05, 0.1) is 29.4 Å². The maximum Gasteiger partial charge on any atom is 0.340 e. The van der Waals surface area contributed by atoms with E-state index in [4.69, 9.17) is 9.72 Å². The standard InChI is InChI=1S/C22H19N3O2S/c1-13-15-8-4-6-10-17(15)25-19(20(13)22(26)27-3)12-28-21-16-9-5-7-11-18(16)23-14(2)24-21/h4-11H,12H2,1-3H3. The minimum atomic E-state index is -0.366. The molecule has 4 aromatic rings. The highest BCUT2D eigenvalue weighted by Gasteiger charge is 2.20. The van der Waals surface area contributed by atoms with E-state index < -0.39 is 0 Å². The number of hydrogen-bond donors (Lipinski definition) is 0. The fourth-order valence-electron chi connectivity index (χ4n) is 3.32. The summed E-state index contributed by atoms with van der Waals surface area (Å²) in [6.45, 7) is 3.82. The Hall–Kier alpha value is -2.99. The van der Waals surface area contributed by atoms with Crippen LogP contribution in [-0.2, 0) is 10.5 Å². The van der Waals surface area contributed by atoms with E-state index in [-0.39, 0.29) is 5.97 Å². The van der Waals surface area contributed by atoms with Gasteiger partial charge >= 0.3 is 5.97 Å². The monoisotopic (exact) mass is 389 g/mol. The van der Waals surface area contributed by atoms with Crippen LogP contribution in [0.3, 0.4) is 0 Å². The van der Waals surface area contributed by atoms with E-state index in [2.05, 4.69) is 9.97 Å². The van der Waals surface area contributed by atoms with Gasteiger partial charge < -0.3 is 4.74 Å². The van der Waals surface area contributed by atoms with Gasteiger partial charge in [-0.3, -0.25) is 4.98 Å². The second-order valence-electron chi connectivity index (χ2n) is 6.45. The van der Waals surface area contributed by atoms with Crippen molar-refractivity contribution in [2.45, 2.75) is 24.6 Å². The lowest BCUT2D eigenvalue weighted by atomic mass is 10.0. The molecule has 0 atom stereocenters. The number of ether oxygens (including phenoxy) is 1. The van der Waals surface area contributed by atoms with Crippen molar-refractivity contribution >= 4 is 39.5 Å². The third kappa shape index (κ3) is 3.31. The Morgan fingerprint density at radius 3 is 2.29 bits per heavy atom. The second kappa shape index (κ2) is 7.56. The lowest BCUT2D eigenvalue weighted by Gasteiger charge is -2.13. The number of methoxy groups -OCH3 is 1. The predicted molar refractivity (Wildman–Crippen MR) is 112 cm³/mol. The van der Waals surface area contributed by atoms with Crippen molar-refractivity contribution in [3.8, 4) is 0 Å². The third-order valence-corrected chi connectivity index (χ3v) is 5.64.